The molecule has 0 unspecified atom stereocenters. The molecular formula is C20H28N4O2. The van der Waals surface area contributed by atoms with Crippen molar-refractivity contribution in [2.75, 3.05) is 19.6 Å². The van der Waals surface area contributed by atoms with Gasteiger partial charge >= 0.3 is 6.03 Å². The summed E-state index contributed by atoms with van der Waals surface area (Å²) in [5.41, 5.74) is 1.05. The highest BCUT2D eigenvalue weighted by Crippen LogP contribution is 2.18. The number of likely N-dealkylation sites (tertiary alicyclic amines) is 1. The maximum atomic E-state index is 12.8. The molecule has 0 saturated carbocycles. The van der Waals surface area contributed by atoms with Gasteiger partial charge in [0.15, 0.2) is 0 Å². The van der Waals surface area contributed by atoms with E-state index in [-0.39, 0.29) is 6.03 Å². The summed E-state index contributed by atoms with van der Waals surface area (Å²) in [4.78, 5) is 21.1. The Bertz CT molecular complexity index is 672. The Morgan fingerprint density at radius 1 is 1.35 bits per heavy atom. The van der Waals surface area contributed by atoms with E-state index < -0.39 is 0 Å². The van der Waals surface area contributed by atoms with Crippen molar-refractivity contribution < 1.29 is 9.21 Å². The van der Waals surface area contributed by atoms with Gasteiger partial charge in [-0.2, -0.15) is 0 Å². The second-order valence-corrected chi connectivity index (χ2v) is 7.22. The number of amides is 2. The molecule has 140 valence electrons. The first kappa shape index (κ1) is 18.5. The number of carbonyl (C=O) groups excluding carboxylic acids is 1. The fraction of sp³-hybridized carbons (Fsp3) is 0.500. The Morgan fingerprint density at radius 3 is 2.81 bits per heavy atom. The van der Waals surface area contributed by atoms with Gasteiger partial charge in [0, 0.05) is 38.1 Å². The van der Waals surface area contributed by atoms with Gasteiger partial charge in [-0.25, -0.2) is 4.79 Å². The monoisotopic (exact) mass is 356 g/mol. The highest BCUT2D eigenvalue weighted by atomic mass is 16.3. The summed E-state index contributed by atoms with van der Waals surface area (Å²) < 4.78 is 5.43. The number of rotatable bonds is 7. The van der Waals surface area contributed by atoms with E-state index in [1.54, 1.807) is 23.6 Å². The minimum Gasteiger partial charge on any atom is -0.467 e. The first-order chi connectivity index (χ1) is 12.6. The van der Waals surface area contributed by atoms with Gasteiger partial charge in [-0.05, 0) is 62.6 Å². The Hall–Kier alpha value is -2.34. The molecule has 2 aromatic heterocycles. The molecule has 1 N–H and O–H groups in total. The molecule has 2 aromatic rings. The van der Waals surface area contributed by atoms with Crippen LogP contribution in [0, 0.1) is 5.92 Å². The van der Waals surface area contributed by atoms with E-state index in [2.05, 4.69) is 29.0 Å². The number of nitrogens with one attached hydrogen (secondary N) is 1. The molecule has 0 radical (unpaired) electrons. The second-order valence-electron chi connectivity index (χ2n) is 7.22. The average molecular weight is 356 g/mol. The van der Waals surface area contributed by atoms with Gasteiger partial charge in [-0.1, -0.05) is 0 Å². The minimum atomic E-state index is -0.0544. The van der Waals surface area contributed by atoms with Crippen LogP contribution < -0.4 is 5.32 Å². The van der Waals surface area contributed by atoms with Crippen molar-refractivity contribution in [1.29, 1.82) is 0 Å². The van der Waals surface area contributed by atoms with E-state index in [9.17, 15) is 4.79 Å². The molecular weight excluding hydrogens is 328 g/mol. The zero-order valence-electron chi connectivity index (χ0n) is 15.6. The van der Waals surface area contributed by atoms with Crippen molar-refractivity contribution in [3.63, 3.8) is 0 Å². The SMILES string of the molecule is CC(C)N1CC[C@@H](CNC(=O)N(Cc2ccncc2)Cc2ccco2)C1. The average Bonchev–Trinajstić information content (AvgIpc) is 3.32. The lowest BCUT2D eigenvalue weighted by Gasteiger charge is -2.24. The van der Waals surface area contributed by atoms with Gasteiger partial charge in [-0.3, -0.25) is 4.98 Å². The summed E-state index contributed by atoms with van der Waals surface area (Å²) in [5.74, 6) is 1.30. The summed E-state index contributed by atoms with van der Waals surface area (Å²) in [5, 5.41) is 3.12. The molecule has 0 aromatic carbocycles. The van der Waals surface area contributed by atoms with E-state index in [0.717, 1.165) is 30.8 Å². The van der Waals surface area contributed by atoms with Crippen molar-refractivity contribution in [2.24, 2.45) is 5.92 Å². The number of urea groups is 1. The lowest BCUT2D eigenvalue weighted by Crippen LogP contribution is -2.41. The third-order valence-corrected chi connectivity index (χ3v) is 4.93. The summed E-state index contributed by atoms with van der Waals surface area (Å²) in [7, 11) is 0. The summed E-state index contributed by atoms with van der Waals surface area (Å²) in [6.07, 6.45) is 6.27. The van der Waals surface area contributed by atoms with Gasteiger partial charge in [0.25, 0.3) is 0 Å². The molecule has 1 aliphatic heterocycles. The quantitative estimate of drug-likeness (QED) is 0.828. The maximum absolute atomic E-state index is 12.8. The Labute approximate surface area is 155 Å². The normalized spacial score (nSPS) is 17.6. The zero-order chi connectivity index (χ0) is 18.4. The molecule has 26 heavy (non-hydrogen) atoms. The summed E-state index contributed by atoms with van der Waals surface area (Å²) >= 11 is 0. The molecule has 3 heterocycles. The van der Waals surface area contributed by atoms with Crippen LogP contribution in [-0.4, -0.2) is 46.5 Å². The molecule has 6 heteroatoms. The topological polar surface area (TPSA) is 61.6 Å². The third-order valence-electron chi connectivity index (χ3n) is 4.93. The standard InChI is InChI=1S/C20H28N4O2/c1-16(2)23-10-7-18(14-23)12-22-20(25)24(15-19-4-3-11-26-19)13-17-5-8-21-9-6-17/h3-6,8-9,11,16,18H,7,10,12-15H2,1-2H3,(H,22,25)/t18-/m0/s1. The smallest absolute Gasteiger partial charge is 0.318 e. The van der Waals surface area contributed by atoms with Crippen LogP contribution in [0.5, 0.6) is 0 Å². The van der Waals surface area contributed by atoms with E-state index in [1.165, 1.54) is 0 Å². The van der Waals surface area contributed by atoms with Crippen molar-refractivity contribution in [1.82, 2.24) is 20.1 Å². The molecule has 1 aliphatic rings. The predicted molar refractivity (Wildman–Crippen MR) is 100 cm³/mol. The van der Waals surface area contributed by atoms with Crippen LogP contribution in [0.2, 0.25) is 0 Å². The maximum Gasteiger partial charge on any atom is 0.318 e. The molecule has 0 spiro atoms. The Morgan fingerprint density at radius 2 is 2.15 bits per heavy atom. The molecule has 1 atom stereocenters. The zero-order valence-corrected chi connectivity index (χ0v) is 15.6. The van der Waals surface area contributed by atoms with Gasteiger partial charge in [0.1, 0.15) is 5.76 Å². The Kier molecular flexibility index (Phi) is 6.28. The van der Waals surface area contributed by atoms with Crippen LogP contribution in [0.4, 0.5) is 4.79 Å². The predicted octanol–water partition coefficient (Wildman–Crippen LogP) is 3.12. The van der Waals surface area contributed by atoms with Crippen molar-refractivity contribution >= 4 is 6.03 Å². The van der Waals surface area contributed by atoms with Crippen molar-refractivity contribution in [3.8, 4) is 0 Å². The molecule has 1 fully saturated rings. The van der Waals surface area contributed by atoms with Gasteiger partial charge in [-0.15, -0.1) is 0 Å². The number of hydrogen-bond acceptors (Lipinski definition) is 4. The first-order valence-corrected chi connectivity index (χ1v) is 9.30. The van der Waals surface area contributed by atoms with Crippen LogP contribution >= 0.6 is 0 Å². The lowest BCUT2D eigenvalue weighted by atomic mass is 10.1. The fourth-order valence-electron chi connectivity index (χ4n) is 3.34. The highest BCUT2D eigenvalue weighted by Gasteiger charge is 2.25. The molecule has 6 nitrogen and oxygen atoms in total. The van der Waals surface area contributed by atoms with E-state index >= 15 is 0 Å². The Balaban J connectivity index is 1.57. The first-order valence-electron chi connectivity index (χ1n) is 9.30. The van der Waals surface area contributed by atoms with Gasteiger partial charge in [0.05, 0.1) is 12.8 Å². The van der Waals surface area contributed by atoms with E-state index in [0.29, 0.717) is 31.6 Å². The number of aromatic nitrogens is 1. The van der Waals surface area contributed by atoms with Gasteiger partial charge < -0.3 is 19.5 Å². The van der Waals surface area contributed by atoms with Crippen LogP contribution in [0.15, 0.2) is 47.3 Å². The number of nitrogens with zero attached hydrogens (tertiary/aromatic N) is 3. The van der Waals surface area contributed by atoms with Crippen LogP contribution in [0.3, 0.4) is 0 Å². The molecule has 0 bridgehead atoms. The molecule has 1 saturated heterocycles. The fourth-order valence-corrected chi connectivity index (χ4v) is 3.34. The van der Waals surface area contributed by atoms with Crippen molar-refractivity contribution in [2.45, 2.75) is 39.4 Å². The van der Waals surface area contributed by atoms with Crippen LogP contribution in [-0.2, 0) is 13.1 Å². The minimum absolute atomic E-state index is 0.0544. The van der Waals surface area contributed by atoms with Gasteiger partial charge in [0.2, 0.25) is 0 Å². The third kappa shape index (κ3) is 5.08. The molecule has 3 rings (SSSR count). The number of furan rings is 1. The molecule has 0 aliphatic carbocycles. The lowest BCUT2D eigenvalue weighted by molar-refractivity contribution is 0.185. The number of pyridine rings is 1. The van der Waals surface area contributed by atoms with Crippen LogP contribution in [0.25, 0.3) is 0 Å². The summed E-state index contributed by atoms with van der Waals surface area (Å²) in [6, 6.07) is 8.11. The van der Waals surface area contributed by atoms with Crippen molar-refractivity contribution in [3.05, 3.63) is 54.2 Å². The summed E-state index contributed by atoms with van der Waals surface area (Å²) in [6.45, 7) is 8.31. The second kappa shape index (κ2) is 8.85. The largest absolute Gasteiger partial charge is 0.467 e. The van der Waals surface area contributed by atoms with E-state index in [1.807, 2.05) is 24.3 Å². The molecule has 2 amide bonds. The number of hydrogen-bond donors (Lipinski definition) is 1. The highest BCUT2D eigenvalue weighted by molar-refractivity contribution is 5.74. The number of carbonyl (C=O) groups is 1. The van der Waals surface area contributed by atoms with Crippen LogP contribution in [0.1, 0.15) is 31.6 Å². The van der Waals surface area contributed by atoms with E-state index in [4.69, 9.17) is 4.42 Å².